The summed E-state index contributed by atoms with van der Waals surface area (Å²) in [4.78, 5) is 9.86. The summed E-state index contributed by atoms with van der Waals surface area (Å²) in [5.74, 6) is 2.09. The van der Waals surface area contributed by atoms with Crippen LogP contribution in [0.25, 0.3) is 0 Å². The summed E-state index contributed by atoms with van der Waals surface area (Å²) in [6, 6.07) is 5.96. The Morgan fingerprint density at radius 2 is 2.22 bits per heavy atom. The number of nitrogens with two attached hydrogens (primary N) is 1. The van der Waals surface area contributed by atoms with Crippen molar-refractivity contribution in [1.29, 1.82) is 0 Å². The Morgan fingerprint density at radius 3 is 2.89 bits per heavy atom. The number of thiophene rings is 1. The van der Waals surface area contributed by atoms with E-state index in [4.69, 9.17) is 5.73 Å². The first-order valence-corrected chi connectivity index (χ1v) is 7.40. The SMILES string of the molecule is CCc1nc(N)cc(NCCc2ccc(Br)s2)n1. The van der Waals surface area contributed by atoms with Crippen LogP contribution in [0.5, 0.6) is 0 Å². The van der Waals surface area contributed by atoms with E-state index >= 15 is 0 Å². The summed E-state index contributed by atoms with van der Waals surface area (Å²) in [7, 11) is 0. The monoisotopic (exact) mass is 326 g/mol. The van der Waals surface area contributed by atoms with E-state index in [1.807, 2.05) is 6.92 Å². The molecular weight excluding hydrogens is 312 g/mol. The zero-order chi connectivity index (χ0) is 13.0. The van der Waals surface area contributed by atoms with Gasteiger partial charge in [-0.3, -0.25) is 0 Å². The minimum absolute atomic E-state index is 0.517. The predicted molar refractivity (Wildman–Crippen MR) is 80.0 cm³/mol. The van der Waals surface area contributed by atoms with E-state index in [1.54, 1.807) is 17.4 Å². The van der Waals surface area contributed by atoms with Crippen molar-refractivity contribution < 1.29 is 0 Å². The zero-order valence-corrected chi connectivity index (χ0v) is 12.5. The van der Waals surface area contributed by atoms with Crippen molar-refractivity contribution in [2.24, 2.45) is 0 Å². The molecule has 0 radical (unpaired) electrons. The molecule has 2 aromatic rings. The molecule has 4 nitrogen and oxygen atoms in total. The molecule has 2 heterocycles. The summed E-state index contributed by atoms with van der Waals surface area (Å²) >= 11 is 5.21. The second kappa shape index (κ2) is 6.15. The Kier molecular flexibility index (Phi) is 4.54. The molecule has 0 atom stereocenters. The average Bonchev–Trinajstić information content (AvgIpc) is 2.74. The van der Waals surface area contributed by atoms with Gasteiger partial charge in [-0.2, -0.15) is 0 Å². The molecule has 0 aliphatic heterocycles. The van der Waals surface area contributed by atoms with Gasteiger partial charge in [0.25, 0.3) is 0 Å². The standard InChI is InChI=1S/C12H15BrN4S/c1-2-11-16-10(14)7-12(17-11)15-6-5-8-3-4-9(13)18-8/h3-4,7H,2,5-6H2,1H3,(H3,14,15,16,17). The van der Waals surface area contributed by atoms with Crippen LogP contribution < -0.4 is 11.1 Å². The number of nitrogens with one attached hydrogen (secondary N) is 1. The fourth-order valence-corrected chi connectivity index (χ4v) is 3.05. The fraction of sp³-hybridized carbons (Fsp3) is 0.333. The zero-order valence-electron chi connectivity index (χ0n) is 10.1. The van der Waals surface area contributed by atoms with Gasteiger partial charge in [0.05, 0.1) is 3.79 Å². The Morgan fingerprint density at radius 1 is 1.39 bits per heavy atom. The summed E-state index contributed by atoms with van der Waals surface area (Å²) in [5, 5.41) is 3.28. The Labute approximate surface area is 119 Å². The third-order valence-electron chi connectivity index (χ3n) is 2.41. The van der Waals surface area contributed by atoms with E-state index in [1.165, 1.54) is 4.88 Å². The van der Waals surface area contributed by atoms with Gasteiger partial charge < -0.3 is 11.1 Å². The van der Waals surface area contributed by atoms with Crippen LogP contribution in [0.2, 0.25) is 0 Å². The Hall–Kier alpha value is -1.14. The average molecular weight is 327 g/mol. The van der Waals surface area contributed by atoms with Gasteiger partial charge in [-0.25, -0.2) is 9.97 Å². The highest BCUT2D eigenvalue weighted by molar-refractivity contribution is 9.11. The third-order valence-corrected chi connectivity index (χ3v) is 4.10. The van der Waals surface area contributed by atoms with Gasteiger partial charge in [-0.15, -0.1) is 11.3 Å². The van der Waals surface area contributed by atoms with Crippen LogP contribution >= 0.6 is 27.3 Å². The lowest BCUT2D eigenvalue weighted by Crippen LogP contribution is -2.08. The van der Waals surface area contributed by atoms with Gasteiger partial charge in [-0.1, -0.05) is 6.92 Å². The van der Waals surface area contributed by atoms with Crippen LogP contribution in [-0.2, 0) is 12.8 Å². The van der Waals surface area contributed by atoms with E-state index in [2.05, 4.69) is 43.3 Å². The predicted octanol–water partition coefficient (Wildman–Crippen LogP) is 3.10. The van der Waals surface area contributed by atoms with Gasteiger partial charge in [0, 0.05) is 23.9 Å². The number of hydrogen-bond donors (Lipinski definition) is 2. The smallest absolute Gasteiger partial charge is 0.132 e. The molecule has 96 valence electrons. The largest absolute Gasteiger partial charge is 0.384 e. The van der Waals surface area contributed by atoms with Gasteiger partial charge in [-0.05, 0) is 34.5 Å². The topological polar surface area (TPSA) is 63.8 Å². The molecule has 0 saturated carbocycles. The van der Waals surface area contributed by atoms with E-state index in [-0.39, 0.29) is 0 Å². The van der Waals surface area contributed by atoms with Gasteiger partial charge in [0.2, 0.25) is 0 Å². The molecule has 0 bridgehead atoms. The van der Waals surface area contributed by atoms with Crippen LogP contribution in [0.4, 0.5) is 11.6 Å². The second-order valence-corrected chi connectivity index (χ2v) is 6.38. The highest BCUT2D eigenvalue weighted by Crippen LogP contribution is 2.22. The van der Waals surface area contributed by atoms with Crippen LogP contribution in [0, 0.1) is 0 Å². The number of halogens is 1. The van der Waals surface area contributed by atoms with Crippen molar-refractivity contribution in [3.63, 3.8) is 0 Å². The van der Waals surface area contributed by atoms with Crippen LogP contribution in [-0.4, -0.2) is 16.5 Å². The molecule has 2 rings (SSSR count). The third kappa shape index (κ3) is 3.68. The number of anilines is 2. The quantitative estimate of drug-likeness (QED) is 0.886. The first-order valence-electron chi connectivity index (χ1n) is 5.79. The summed E-state index contributed by atoms with van der Waals surface area (Å²) in [6.45, 7) is 2.86. The van der Waals surface area contributed by atoms with Gasteiger partial charge in [0.1, 0.15) is 17.5 Å². The highest BCUT2D eigenvalue weighted by Gasteiger charge is 2.02. The van der Waals surface area contributed by atoms with Crippen LogP contribution in [0.15, 0.2) is 22.0 Å². The molecule has 0 aliphatic rings. The van der Waals surface area contributed by atoms with Gasteiger partial charge in [0.15, 0.2) is 0 Å². The van der Waals surface area contributed by atoms with Crippen molar-refractivity contribution in [1.82, 2.24) is 9.97 Å². The van der Waals surface area contributed by atoms with Crippen molar-refractivity contribution in [3.05, 3.63) is 32.7 Å². The first-order chi connectivity index (χ1) is 8.67. The second-order valence-electron chi connectivity index (χ2n) is 3.83. The Bertz CT molecular complexity index is 527. The molecule has 18 heavy (non-hydrogen) atoms. The summed E-state index contributed by atoms with van der Waals surface area (Å²) < 4.78 is 1.16. The molecule has 0 spiro atoms. The lowest BCUT2D eigenvalue weighted by atomic mass is 10.3. The molecule has 0 saturated heterocycles. The van der Waals surface area contributed by atoms with Crippen molar-refractivity contribution in [2.45, 2.75) is 19.8 Å². The molecule has 3 N–H and O–H groups in total. The summed E-state index contributed by atoms with van der Waals surface area (Å²) in [5.41, 5.74) is 5.73. The van der Waals surface area contributed by atoms with E-state index < -0.39 is 0 Å². The molecule has 2 aromatic heterocycles. The number of aromatic nitrogens is 2. The van der Waals surface area contributed by atoms with E-state index in [9.17, 15) is 0 Å². The number of aryl methyl sites for hydroxylation is 1. The lowest BCUT2D eigenvalue weighted by molar-refractivity contribution is 0.932. The first kappa shape index (κ1) is 13.3. The van der Waals surface area contributed by atoms with Gasteiger partial charge >= 0.3 is 0 Å². The Balaban J connectivity index is 1.91. The molecule has 0 unspecified atom stereocenters. The summed E-state index contributed by atoms with van der Waals surface area (Å²) in [6.07, 6.45) is 1.76. The maximum atomic E-state index is 5.73. The highest BCUT2D eigenvalue weighted by atomic mass is 79.9. The molecule has 0 aromatic carbocycles. The van der Waals surface area contributed by atoms with Crippen LogP contribution in [0.1, 0.15) is 17.6 Å². The maximum Gasteiger partial charge on any atom is 0.132 e. The normalized spacial score (nSPS) is 10.6. The van der Waals surface area contributed by atoms with Crippen molar-refractivity contribution >= 4 is 38.9 Å². The van der Waals surface area contributed by atoms with Crippen LogP contribution in [0.3, 0.4) is 0 Å². The van der Waals surface area contributed by atoms with Crippen molar-refractivity contribution in [3.8, 4) is 0 Å². The minimum Gasteiger partial charge on any atom is -0.384 e. The van der Waals surface area contributed by atoms with Crippen molar-refractivity contribution in [2.75, 3.05) is 17.6 Å². The molecule has 0 fully saturated rings. The maximum absolute atomic E-state index is 5.73. The molecule has 6 heteroatoms. The minimum atomic E-state index is 0.517. The number of hydrogen-bond acceptors (Lipinski definition) is 5. The van der Waals surface area contributed by atoms with E-state index in [0.717, 1.165) is 34.8 Å². The molecular formula is C12H15BrN4S. The number of nitrogen functional groups attached to an aromatic ring is 1. The molecule has 0 amide bonds. The molecule has 0 aliphatic carbocycles. The lowest BCUT2D eigenvalue weighted by Gasteiger charge is -2.06. The number of rotatable bonds is 5. The van der Waals surface area contributed by atoms with E-state index in [0.29, 0.717) is 5.82 Å². The number of nitrogens with zero attached hydrogens (tertiary/aromatic N) is 2. The fourth-order valence-electron chi connectivity index (χ4n) is 1.57.